The number of carbonyl (C=O) groups is 1. The second-order valence-corrected chi connectivity index (χ2v) is 5.08. The molecule has 100 valence electrons. The predicted octanol–water partition coefficient (Wildman–Crippen LogP) is 3.23. The Morgan fingerprint density at radius 1 is 1.05 bits per heavy atom. The molecule has 3 heteroatoms. The zero-order chi connectivity index (χ0) is 14.3. The topological polar surface area (TPSA) is 57.5 Å². The first-order valence-corrected chi connectivity index (χ1v) is 6.41. The maximum Gasteiger partial charge on any atom is 0.190 e. The van der Waals surface area contributed by atoms with Gasteiger partial charge in [-0.15, -0.1) is 0 Å². The summed E-state index contributed by atoms with van der Waals surface area (Å²) < 4.78 is 0. The lowest BCUT2D eigenvalue weighted by atomic mass is 9.86. The maximum absolute atomic E-state index is 12.2. The number of phenolic OH excluding ortho intramolecular Hbond substituents is 2. The van der Waals surface area contributed by atoms with Crippen LogP contribution in [0.1, 0.15) is 27.0 Å². The van der Waals surface area contributed by atoms with Crippen LogP contribution in [0.25, 0.3) is 5.57 Å². The molecule has 0 saturated heterocycles. The molecule has 0 bridgehead atoms. The summed E-state index contributed by atoms with van der Waals surface area (Å²) in [5.74, 6) is -0.414. The van der Waals surface area contributed by atoms with Gasteiger partial charge < -0.3 is 10.2 Å². The van der Waals surface area contributed by atoms with Gasteiger partial charge in [0.05, 0.1) is 5.56 Å². The summed E-state index contributed by atoms with van der Waals surface area (Å²) in [6.45, 7) is 2.01. The molecule has 20 heavy (non-hydrogen) atoms. The normalized spacial score (nSPS) is 13.8. The van der Waals surface area contributed by atoms with E-state index in [2.05, 4.69) is 0 Å². The molecule has 1 aliphatic carbocycles. The molecule has 3 rings (SSSR count). The van der Waals surface area contributed by atoms with Crippen LogP contribution in [0.3, 0.4) is 0 Å². The van der Waals surface area contributed by atoms with Crippen LogP contribution in [0.2, 0.25) is 0 Å². The summed E-state index contributed by atoms with van der Waals surface area (Å²) in [6, 6.07) is 10.7. The van der Waals surface area contributed by atoms with Crippen molar-refractivity contribution < 1.29 is 15.0 Å². The van der Waals surface area contributed by atoms with E-state index in [1.165, 1.54) is 12.1 Å². The molecule has 0 heterocycles. The molecule has 0 amide bonds. The van der Waals surface area contributed by atoms with Crippen LogP contribution in [0.5, 0.6) is 11.5 Å². The first kappa shape index (κ1) is 12.5. The number of phenols is 2. The van der Waals surface area contributed by atoms with Crippen LogP contribution in [-0.4, -0.2) is 16.0 Å². The molecule has 0 spiro atoms. The van der Waals surface area contributed by atoms with E-state index in [0.717, 1.165) is 16.7 Å². The third-order valence-electron chi connectivity index (χ3n) is 3.54. The van der Waals surface area contributed by atoms with Gasteiger partial charge in [-0.05, 0) is 42.2 Å². The highest BCUT2D eigenvalue weighted by Gasteiger charge is 2.22. The fourth-order valence-electron chi connectivity index (χ4n) is 2.53. The Morgan fingerprint density at radius 3 is 2.45 bits per heavy atom. The van der Waals surface area contributed by atoms with Crippen molar-refractivity contribution >= 4 is 11.4 Å². The molecule has 0 saturated carbocycles. The Kier molecular flexibility index (Phi) is 2.83. The van der Waals surface area contributed by atoms with Crippen molar-refractivity contribution in [1.82, 2.24) is 0 Å². The van der Waals surface area contributed by atoms with Crippen LogP contribution in [-0.2, 0) is 6.42 Å². The van der Waals surface area contributed by atoms with Gasteiger partial charge >= 0.3 is 0 Å². The van der Waals surface area contributed by atoms with Gasteiger partial charge in [0.2, 0.25) is 0 Å². The zero-order valence-electron chi connectivity index (χ0n) is 11.1. The van der Waals surface area contributed by atoms with Crippen molar-refractivity contribution in [3.63, 3.8) is 0 Å². The molecule has 0 atom stereocenters. The molecule has 0 aromatic heterocycles. The Balaban J connectivity index is 2.06. The van der Waals surface area contributed by atoms with E-state index >= 15 is 0 Å². The summed E-state index contributed by atoms with van der Waals surface area (Å²) in [4.78, 5) is 12.2. The van der Waals surface area contributed by atoms with E-state index in [1.54, 1.807) is 6.08 Å². The van der Waals surface area contributed by atoms with Gasteiger partial charge in [-0.2, -0.15) is 0 Å². The molecule has 0 unspecified atom stereocenters. The highest BCUT2D eigenvalue weighted by atomic mass is 16.3. The number of aryl methyl sites for hydroxylation is 1. The minimum absolute atomic E-state index is 0.0285. The van der Waals surface area contributed by atoms with Gasteiger partial charge in [-0.25, -0.2) is 0 Å². The van der Waals surface area contributed by atoms with Crippen molar-refractivity contribution in [2.24, 2.45) is 0 Å². The van der Waals surface area contributed by atoms with Crippen molar-refractivity contribution in [2.45, 2.75) is 13.3 Å². The lowest BCUT2D eigenvalue weighted by Gasteiger charge is -2.18. The van der Waals surface area contributed by atoms with Crippen molar-refractivity contribution in [3.05, 3.63) is 64.7 Å². The van der Waals surface area contributed by atoms with Crippen LogP contribution in [0.15, 0.2) is 42.5 Å². The second kappa shape index (κ2) is 4.53. The first-order chi connectivity index (χ1) is 9.54. The zero-order valence-corrected chi connectivity index (χ0v) is 11.1. The molecule has 0 fully saturated rings. The van der Waals surface area contributed by atoms with E-state index < -0.39 is 0 Å². The Hall–Kier alpha value is -2.55. The molecule has 1 aliphatic rings. The Labute approximate surface area is 116 Å². The van der Waals surface area contributed by atoms with Crippen LogP contribution >= 0.6 is 0 Å². The molecule has 2 N–H and O–H groups in total. The van der Waals surface area contributed by atoms with E-state index in [0.29, 0.717) is 17.5 Å². The van der Waals surface area contributed by atoms with Crippen LogP contribution < -0.4 is 0 Å². The van der Waals surface area contributed by atoms with Gasteiger partial charge in [0.15, 0.2) is 5.78 Å². The minimum atomic E-state index is -0.223. The Morgan fingerprint density at radius 2 is 1.75 bits per heavy atom. The smallest absolute Gasteiger partial charge is 0.190 e. The number of hydrogen-bond acceptors (Lipinski definition) is 3. The number of carbonyl (C=O) groups excluding carboxylic acids is 1. The summed E-state index contributed by atoms with van der Waals surface area (Å²) in [7, 11) is 0. The quantitative estimate of drug-likeness (QED) is 0.833. The maximum atomic E-state index is 12.2. The molecule has 0 aliphatic heterocycles. The molecule has 2 aromatic rings. The third kappa shape index (κ3) is 2.07. The first-order valence-electron chi connectivity index (χ1n) is 6.41. The fraction of sp³-hybridized carbons (Fsp3) is 0.118. The fourth-order valence-corrected chi connectivity index (χ4v) is 2.53. The van der Waals surface area contributed by atoms with Crippen molar-refractivity contribution in [1.29, 1.82) is 0 Å². The largest absolute Gasteiger partial charge is 0.508 e. The molecule has 2 aromatic carbocycles. The summed E-state index contributed by atoms with van der Waals surface area (Å²) in [5, 5.41) is 19.3. The standard InChI is InChI=1S/C17H14O3/c1-10-2-4-11(5-3-10)12-6-13-7-14(18)9-16(20)17(13)15(19)8-12/h2-5,7-9,18,20H,6H2,1H3. The molecular formula is C17H14O3. The third-order valence-corrected chi connectivity index (χ3v) is 3.54. The number of benzene rings is 2. The van der Waals surface area contributed by atoms with Gasteiger partial charge in [-0.3, -0.25) is 4.79 Å². The molecular weight excluding hydrogens is 252 g/mol. The predicted molar refractivity (Wildman–Crippen MR) is 77.0 cm³/mol. The summed E-state index contributed by atoms with van der Waals surface area (Å²) in [5.41, 5.74) is 3.99. The number of ketones is 1. The lowest BCUT2D eigenvalue weighted by molar-refractivity contribution is 0.104. The number of rotatable bonds is 1. The van der Waals surface area contributed by atoms with E-state index in [4.69, 9.17) is 0 Å². The molecule has 0 radical (unpaired) electrons. The number of hydrogen-bond donors (Lipinski definition) is 2. The number of allylic oxidation sites excluding steroid dienone is 2. The van der Waals surface area contributed by atoms with E-state index in [-0.39, 0.29) is 17.3 Å². The van der Waals surface area contributed by atoms with Gasteiger partial charge in [0, 0.05) is 6.07 Å². The average molecular weight is 266 g/mol. The van der Waals surface area contributed by atoms with Gasteiger partial charge in [0.1, 0.15) is 11.5 Å². The van der Waals surface area contributed by atoms with E-state index in [1.807, 2.05) is 31.2 Å². The van der Waals surface area contributed by atoms with Gasteiger partial charge in [-0.1, -0.05) is 29.8 Å². The SMILES string of the molecule is Cc1ccc(C2=CC(=O)c3c(O)cc(O)cc3C2)cc1. The molecule has 3 nitrogen and oxygen atoms in total. The highest BCUT2D eigenvalue weighted by Crippen LogP contribution is 2.35. The second-order valence-electron chi connectivity index (χ2n) is 5.08. The van der Waals surface area contributed by atoms with Gasteiger partial charge in [0.25, 0.3) is 0 Å². The Bertz CT molecular complexity index is 725. The van der Waals surface area contributed by atoms with E-state index in [9.17, 15) is 15.0 Å². The summed E-state index contributed by atoms with van der Waals surface area (Å²) in [6.07, 6.45) is 2.08. The van der Waals surface area contributed by atoms with Crippen molar-refractivity contribution in [2.75, 3.05) is 0 Å². The number of aromatic hydroxyl groups is 2. The lowest BCUT2D eigenvalue weighted by Crippen LogP contribution is -2.09. The van der Waals surface area contributed by atoms with Crippen LogP contribution in [0.4, 0.5) is 0 Å². The van der Waals surface area contributed by atoms with Crippen molar-refractivity contribution in [3.8, 4) is 11.5 Å². The monoisotopic (exact) mass is 266 g/mol. The van der Waals surface area contributed by atoms with Crippen LogP contribution in [0, 0.1) is 6.92 Å². The highest BCUT2D eigenvalue weighted by molar-refractivity contribution is 6.13. The number of fused-ring (bicyclic) bond motifs is 1. The average Bonchev–Trinajstić information content (AvgIpc) is 2.38. The summed E-state index contributed by atoms with van der Waals surface area (Å²) >= 11 is 0. The minimum Gasteiger partial charge on any atom is -0.508 e.